The van der Waals surface area contributed by atoms with Crippen LogP contribution in [0, 0.1) is 6.92 Å². The largest absolute Gasteiger partial charge is 0.495 e. The van der Waals surface area contributed by atoms with Gasteiger partial charge in [0.15, 0.2) is 11.0 Å². The molecule has 0 unspecified atom stereocenters. The Bertz CT molecular complexity index is 1060. The third kappa shape index (κ3) is 6.07. The average molecular weight is 467 g/mol. The number of carbonyl (C=O) groups excluding carboxylic acids is 1. The maximum Gasteiger partial charge on any atom is 0.230 e. The summed E-state index contributed by atoms with van der Waals surface area (Å²) in [5.41, 5.74) is 1.98. The minimum Gasteiger partial charge on any atom is -0.495 e. The number of nitrogens with zero attached hydrogens (tertiary/aromatic N) is 3. The van der Waals surface area contributed by atoms with E-state index in [0.29, 0.717) is 16.7 Å². The van der Waals surface area contributed by atoms with E-state index in [2.05, 4.69) is 15.5 Å². The van der Waals surface area contributed by atoms with Crippen LogP contribution in [0.3, 0.4) is 0 Å². The highest BCUT2D eigenvalue weighted by Crippen LogP contribution is 2.29. The van der Waals surface area contributed by atoms with E-state index in [-0.39, 0.29) is 24.3 Å². The van der Waals surface area contributed by atoms with Crippen molar-refractivity contribution in [1.82, 2.24) is 20.1 Å². The second kappa shape index (κ2) is 11.2. The molecule has 8 heteroatoms. The maximum atomic E-state index is 12.6. The molecule has 1 aliphatic carbocycles. The van der Waals surface area contributed by atoms with E-state index >= 15 is 0 Å². The first kappa shape index (κ1) is 23.2. The van der Waals surface area contributed by atoms with Crippen LogP contribution in [-0.2, 0) is 11.4 Å². The molecule has 3 aromatic rings. The van der Waals surface area contributed by atoms with Crippen molar-refractivity contribution in [2.75, 3.05) is 12.9 Å². The summed E-state index contributed by atoms with van der Waals surface area (Å²) in [7, 11) is 1.64. The molecule has 2 aromatic carbocycles. The third-order valence-corrected chi connectivity index (χ3v) is 6.65. The Morgan fingerprint density at radius 3 is 2.61 bits per heavy atom. The summed E-state index contributed by atoms with van der Waals surface area (Å²) in [6.07, 6.45) is 5.76. The minimum absolute atomic E-state index is 0.0268. The molecular formula is C25H30N4O3S. The lowest BCUT2D eigenvalue weighted by atomic mass is 9.95. The summed E-state index contributed by atoms with van der Waals surface area (Å²) in [4.78, 5) is 12.6. The van der Waals surface area contributed by atoms with Crippen molar-refractivity contribution >= 4 is 17.7 Å². The fourth-order valence-corrected chi connectivity index (χ4v) is 4.75. The number of ether oxygens (including phenoxy) is 2. The minimum atomic E-state index is 0.0268. The third-order valence-electron chi connectivity index (χ3n) is 5.72. The van der Waals surface area contributed by atoms with Gasteiger partial charge in [0.1, 0.15) is 18.1 Å². The molecule has 174 valence electrons. The molecule has 33 heavy (non-hydrogen) atoms. The monoisotopic (exact) mass is 466 g/mol. The standard InChI is InChI=1S/C25H30N4O3S/c1-18-12-14-20(15-13-18)32-16-23-27-28-25(29(23)21-10-6-7-11-22(21)31-2)33-17-24(30)26-19-8-4-3-5-9-19/h6-7,10-15,19H,3-5,8-9,16-17H2,1-2H3,(H,26,30). The van der Waals surface area contributed by atoms with Crippen molar-refractivity contribution in [2.24, 2.45) is 0 Å². The highest BCUT2D eigenvalue weighted by Gasteiger charge is 2.20. The van der Waals surface area contributed by atoms with Crippen molar-refractivity contribution in [3.05, 3.63) is 59.9 Å². The van der Waals surface area contributed by atoms with Crippen molar-refractivity contribution in [3.63, 3.8) is 0 Å². The van der Waals surface area contributed by atoms with Gasteiger partial charge in [-0.05, 0) is 44.0 Å². The van der Waals surface area contributed by atoms with Crippen molar-refractivity contribution in [2.45, 2.75) is 56.8 Å². The molecule has 1 saturated carbocycles. The van der Waals surface area contributed by atoms with Crippen LogP contribution in [-0.4, -0.2) is 39.6 Å². The zero-order valence-electron chi connectivity index (χ0n) is 19.1. The van der Waals surface area contributed by atoms with Gasteiger partial charge in [0, 0.05) is 6.04 Å². The molecule has 7 nitrogen and oxygen atoms in total. The average Bonchev–Trinajstić information content (AvgIpc) is 3.25. The number of carbonyl (C=O) groups is 1. The number of nitrogens with one attached hydrogen (secondary N) is 1. The Morgan fingerprint density at radius 2 is 1.85 bits per heavy atom. The summed E-state index contributed by atoms with van der Waals surface area (Å²) < 4.78 is 13.5. The molecule has 0 spiro atoms. The molecule has 1 heterocycles. The summed E-state index contributed by atoms with van der Waals surface area (Å²) in [6.45, 7) is 2.28. The fourth-order valence-electron chi connectivity index (χ4n) is 3.97. The quantitative estimate of drug-likeness (QED) is 0.461. The molecule has 1 aromatic heterocycles. The second-order valence-corrected chi connectivity index (χ2v) is 9.14. The summed E-state index contributed by atoms with van der Waals surface area (Å²) in [5.74, 6) is 2.40. The fraction of sp³-hybridized carbons (Fsp3) is 0.400. The number of thioether (sulfide) groups is 1. The van der Waals surface area contributed by atoms with Crippen LogP contribution in [0.2, 0.25) is 0 Å². The summed E-state index contributed by atoms with van der Waals surface area (Å²) in [5, 5.41) is 12.5. The predicted octanol–water partition coefficient (Wildman–Crippen LogP) is 4.70. The van der Waals surface area contributed by atoms with Crippen LogP contribution in [0.25, 0.3) is 5.69 Å². The lowest BCUT2D eigenvalue weighted by molar-refractivity contribution is -0.119. The number of hydrogen-bond donors (Lipinski definition) is 1. The van der Waals surface area contributed by atoms with Crippen LogP contribution in [0.1, 0.15) is 43.5 Å². The van der Waals surface area contributed by atoms with Crippen LogP contribution < -0.4 is 14.8 Å². The van der Waals surface area contributed by atoms with Gasteiger partial charge in [-0.1, -0.05) is 60.9 Å². The van der Waals surface area contributed by atoms with Crippen molar-refractivity contribution < 1.29 is 14.3 Å². The van der Waals surface area contributed by atoms with Crippen molar-refractivity contribution in [3.8, 4) is 17.2 Å². The number of methoxy groups -OCH3 is 1. The van der Waals surface area contributed by atoms with Gasteiger partial charge in [-0.15, -0.1) is 10.2 Å². The van der Waals surface area contributed by atoms with Crippen LogP contribution in [0.4, 0.5) is 0 Å². The first-order valence-corrected chi connectivity index (χ1v) is 12.3. The van der Waals surface area contributed by atoms with Crippen LogP contribution in [0.5, 0.6) is 11.5 Å². The van der Waals surface area contributed by atoms with Gasteiger partial charge in [-0.25, -0.2) is 0 Å². The van der Waals surface area contributed by atoms with E-state index in [1.54, 1.807) is 7.11 Å². The Kier molecular flexibility index (Phi) is 7.88. The predicted molar refractivity (Wildman–Crippen MR) is 129 cm³/mol. The number of amides is 1. The molecule has 0 atom stereocenters. The topological polar surface area (TPSA) is 78.3 Å². The Morgan fingerprint density at radius 1 is 1.09 bits per heavy atom. The molecule has 0 saturated heterocycles. The van der Waals surface area contributed by atoms with Gasteiger partial charge in [0.25, 0.3) is 0 Å². The number of aromatic nitrogens is 3. The Labute approximate surface area is 198 Å². The van der Waals surface area contributed by atoms with Gasteiger partial charge in [0.05, 0.1) is 18.6 Å². The second-order valence-electron chi connectivity index (χ2n) is 8.20. The lowest BCUT2D eigenvalue weighted by Crippen LogP contribution is -2.37. The molecule has 4 rings (SSSR count). The number of benzene rings is 2. The number of para-hydroxylation sites is 2. The van der Waals surface area contributed by atoms with E-state index in [4.69, 9.17) is 9.47 Å². The zero-order chi connectivity index (χ0) is 23.0. The molecule has 1 fully saturated rings. The SMILES string of the molecule is COc1ccccc1-n1c(COc2ccc(C)cc2)nnc1SCC(=O)NC1CCCCC1. The first-order valence-electron chi connectivity index (χ1n) is 11.3. The number of rotatable bonds is 9. The summed E-state index contributed by atoms with van der Waals surface area (Å²) in [6, 6.07) is 15.9. The molecule has 1 N–H and O–H groups in total. The van der Waals surface area contributed by atoms with E-state index < -0.39 is 0 Å². The van der Waals surface area contributed by atoms with Gasteiger partial charge >= 0.3 is 0 Å². The Hall–Kier alpha value is -3.00. The van der Waals surface area contributed by atoms with Gasteiger partial charge < -0.3 is 14.8 Å². The van der Waals surface area contributed by atoms with Crippen LogP contribution >= 0.6 is 11.8 Å². The van der Waals surface area contributed by atoms with Gasteiger partial charge in [-0.3, -0.25) is 9.36 Å². The zero-order valence-corrected chi connectivity index (χ0v) is 19.9. The van der Waals surface area contributed by atoms with E-state index in [0.717, 1.165) is 24.3 Å². The van der Waals surface area contributed by atoms with E-state index in [1.807, 2.05) is 60.0 Å². The molecule has 0 aliphatic heterocycles. The van der Waals surface area contributed by atoms with Crippen molar-refractivity contribution in [1.29, 1.82) is 0 Å². The maximum absolute atomic E-state index is 12.6. The molecule has 0 radical (unpaired) electrons. The highest BCUT2D eigenvalue weighted by atomic mass is 32.2. The highest BCUT2D eigenvalue weighted by molar-refractivity contribution is 7.99. The molecule has 1 amide bonds. The van der Waals surface area contributed by atoms with E-state index in [9.17, 15) is 4.79 Å². The molecule has 0 bridgehead atoms. The van der Waals surface area contributed by atoms with Gasteiger partial charge in [0.2, 0.25) is 5.91 Å². The molecule has 1 aliphatic rings. The smallest absolute Gasteiger partial charge is 0.230 e. The lowest BCUT2D eigenvalue weighted by Gasteiger charge is -2.22. The number of hydrogen-bond acceptors (Lipinski definition) is 6. The molecular weight excluding hydrogens is 436 g/mol. The Balaban J connectivity index is 1.52. The normalized spacial score (nSPS) is 14.1. The van der Waals surface area contributed by atoms with E-state index in [1.165, 1.54) is 36.6 Å². The van der Waals surface area contributed by atoms with Crippen LogP contribution in [0.15, 0.2) is 53.7 Å². The van der Waals surface area contributed by atoms with Gasteiger partial charge in [-0.2, -0.15) is 0 Å². The first-order chi connectivity index (χ1) is 16.1. The summed E-state index contributed by atoms with van der Waals surface area (Å²) >= 11 is 1.37. The number of aryl methyl sites for hydroxylation is 1.